The van der Waals surface area contributed by atoms with Crippen molar-refractivity contribution < 1.29 is 9.13 Å². The molecule has 3 rings (SSSR count). The zero-order valence-corrected chi connectivity index (χ0v) is 14.0. The van der Waals surface area contributed by atoms with Crippen LogP contribution in [0.1, 0.15) is 12.0 Å². The smallest absolute Gasteiger partial charge is 0.141 e. The van der Waals surface area contributed by atoms with Crippen LogP contribution in [-0.4, -0.2) is 30.2 Å². The molecule has 0 N–H and O–H groups in total. The van der Waals surface area contributed by atoms with Crippen molar-refractivity contribution in [3.8, 4) is 5.75 Å². The van der Waals surface area contributed by atoms with Gasteiger partial charge in [-0.25, -0.2) is 4.39 Å². The van der Waals surface area contributed by atoms with Crippen molar-refractivity contribution in [2.75, 3.05) is 20.6 Å². The molecule has 1 atom stereocenters. The lowest BCUT2D eigenvalue weighted by Crippen LogP contribution is -2.14. The minimum Gasteiger partial charge on any atom is -0.455 e. The minimum absolute atomic E-state index is 0.110. The van der Waals surface area contributed by atoms with E-state index in [9.17, 15) is 4.39 Å². The number of thioether (sulfide) groups is 1. The maximum absolute atomic E-state index is 13.5. The predicted octanol–water partition coefficient (Wildman–Crippen LogP) is 4.63. The van der Waals surface area contributed by atoms with Crippen LogP contribution < -0.4 is 4.74 Å². The van der Waals surface area contributed by atoms with E-state index in [1.165, 1.54) is 12.1 Å². The largest absolute Gasteiger partial charge is 0.455 e. The number of ether oxygens (including phenoxy) is 1. The number of alkyl halides is 1. The molecule has 0 aromatic heterocycles. The molecule has 2 aliphatic rings. The van der Waals surface area contributed by atoms with E-state index in [2.05, 4.69) is 11.0 Å². The summed E-state index contributed by atoms with van der Waals surface area (Å²) in [5, 5.41) is 0. The van der Waals surface area contributed by atoms with E-state index in [0.717, 1.165) is 34.8 Å². The molecule has 1 unspecified atom stereocenters. The van der Waals surface area contributed by atoms with Crippen molar-refractivity contribution in [1.82, 2.24) is 4.90 Å². The maximum atomic E-state index is 13.5. The van der Waals surface area contributed by atoms with E-state index < -0.39 is 0 Å². The van der Waals surface area contributed by atoms with Crippen LogP contribution in [0.15, 0.2) is 47.1 Å². The molecule has 0 fully saturated rings. The fourth-order valence-electron chi connectivity index (χ4n) is 2.44. The van der Waals surface area contributed by atoms with Crippen LogP contribution in [0, 0.1) is 5.82 Å². The zero-order valence-electron chi connectivity index (χ0n) is 12.5. The standard InChI is InChI=1S/C17H17ClFNOS/c1-20(2)9-3-4-13-12-6-5-11(19)10-15(12)21-14-7-8-16(18)22-17(13)14/h4-8,10,16H,3,9H2,1-2H3. The van der Waals surface area contributed by atoms with E-state index in [4.69, 9.17) is 16.3 Å². The Balaban J connectivity index is 2.02. The van der Waals surface area contributed by atoms with Crippen molar-refractivity contribution in [3.05, 3.63) is 58.5 Å². The summed E-state index contributed by atoms with van der Waals surface area (Å²) in [5.41, 5.74) is 2.00. The second-order valence-electron chi connectivity index (χ2n) is 5.47. The van der Waals surface area contributed by atoms with Gasteiger partial charge in [0, 0.05) is 18.2 Å². The van der Waals surface area contributed by atoms with Gasteiger partial charge in [-0.15, -0.1) is 11.6 Å². The Kier molecular flexibility index (Phi) is 4.62. The van der Waals surface area contributed by atoms with Gasteiger partial charge in [0.1, 0.15) is 22.0 Å². The van der Waals surface area contributed by atoms with E-state index in [0.29, 0.717) is 5.75 Å². The van der Waals surface area contributed by atoms with Crippen LogP contribution in [0.4, 0.5) is 4.39 Å². The first kappa shape index (κ1) is 15.7. The molecule has 0 amide bonds. The average Bonchev–Trinajstić information content (AvgIpc) is 2.46. The van der Waals surface area contributed by atoms with Crippen molar-refractivity contribution in [3.63, 3.8) is 0 Å². The van der Waals surface area contributed by atoms with Gasteiger partial charge < -0.3 is 9.64 Å². The van der Waals surface area contributed by atoms with E-state index in [-0.39, 0.29) is 10.5 Å². The zero-order chi connectivity index (χ0) is 15.7. The van der Waals surface area contributed by atoms with Crippen LogP contribution >= 0.6 is 23.4 Å². The number of fused-ring (bicyclic) bond motifs is 1. The predicted molar refractivity (Wildman–Crippen MR) is 91.6 cm³/mol. The van der Waals surface area contributed by atoms with E-state index >= 15 is 0 Å². The average molecular weight is 338 g/mol. The molecule has 116 valence electrons. The SMILES string of the molecule is CN(C)CCC=C1C2=C(C=CC(Cl)S2)Oc2cc(F)ccc21. The lowest BCUT2D eigenvalue weighted by Gasteiger charge is -2.27. The second kappa shape index (κ2) is 6.49. The van der Waals surface area contributed by atoms with Crippen LogP contribution in [0.3, 0.4) is 0 Å². The van der Waals surface area contributed by atoms with Gasteiger partial charge in [0.05, 0.1) is 4.91 Å². The highest BCUT2D eigenvalue weighted by Crippen LogP contribution is 2.48. The minimum atomic E-state index is -0.293. The molecule has 0 radical (unpaired) electrons. The summed E-state index contributed by atoms with van der Waals surface area (Å²) >= 11 is 7.79. The third-order valence-electron chi connectivity index (χ3n) is 3.48. The summed E-state index contributed by atoms with van der Waals surface area (Å²) < 4.78 is 19.2. The third-order valence-corrected chi connectivity index (χ3v) is 4.93. The van der Waals surface area contributed by atoms with E-state index in [1.54, 1.807) is 17.8 Å². The fraction of sp³-hybridized carbons (Fsp3) is 0.294. The molecular weight excluding hydrogens is 321 g/mol. The molecule has 1 aromatic carbocycles. The Hall–Kier alpha value is -1.23. The summed E-state index contributed by atoms with van der Waals surface area (Å²) in [6.07, 6.45) is 6.85. The highest BCUT2D eigenvalue weighted by Gasteiger charge is 2.28. The normalized spacial score (nSPS) is 21.9. The van der Waals surface area contributed by atoms with Gasteiger partial charge in [-0.05, 0) is 44.3 Å². The van der Waals surface area contributed by atoms with Crippen molar-refractivity contribution in [2.24, 2.45) is 0 Å². The molecule has 5 heteroatoms. The molecular formula is C17H17ClFNOS. The number of halogens is 2. The quantitative estimate of drug-likeness (QED) is 0.746. The van der Waals surface area contributed by atoms with Crippen LogP contribution in [0.25, 0.3) is 5.57 Å². The second-order valence-corrected chi connectivity index (χ2v) is 7.35. The third kappa shape index (κ3) is 3.24. The molecule has 2 heterocycles. The summed E-state index contributed by atoms with van der Waals surface area (Å²) in [7, 11) is 4.09. The van der Waals surface area contributed by atoms with Gasteiger partial charge in [0.2, 0.25) is 0 Å². The maximum Gasteiger partial charge on any atom is 0.141 e. The molecule has 22 heavy (non-hydrogen) atoms. The van der Waals surface area contributed by atoms with Crippen LogP contribution in [-0.2, 0) is 0 Å². The lowest BCUT2D eigenvalue weighted by molar-refractivity contribution is 0.417. The Labute approximate surface area is 139 Å². The van der Waals surface area contributed by atoms with Crippen LogP contribution in [0.2, 0.25) is 0 Å². The van der Waals surface area contributed by atoms with E-state index in [1.807, 2.05) is 26.2 Å². The highest BCUT2D eigenvalue weighted by molar-refractivity contribution is 8.05. The topological polar surface area (TPSA) is 12.5 Å². The van der Waals surface area contributed by atoms with Gasteiger partial charge in [0.25, 0.3) is 0 Å². The first-order valence-electron chi connectivity index (χ1n) is 7.11. The van der Waals surface area contributed by atoms with Crippen molar-refractivity contribution in [2.45, 2.75) is 11.1 Å². The first-order valence-corrected chi connectivity index (χ1v) is 8.42. The number of hydrogen-bond acceptors (Lipinski definition) is 3. The van der Waals surface area contributed by atoms with Gasteiger partial charge in [-0.2, -0.15) is 0 Å². The fourth-order valence-corrected chi connectivity index (χ4v) is 3.71. The summed E-state index contributed by atoms with van der Waals surface area (Å²) in [5.74, 6) is 1.02. The highest BCUT2D eigenvalue weighted by atomic mass is 35.5. The lowest BCUT2D eigenvalue weighted by atomic mass is 9.99. The molecule has 0 bridgehead atoms. The number of hydrogen-bond donors (Lipinski definition) is 0. The molecule has 0 saturated carbocycles. The van der Waals surface area contributed by atoms with Gasteiger partial charge in [-0.3, -0.25) is 0 Å². The van der Waals surface area contributed by atoms with Crippen LogP contribution in [0.5, 0.6) is 5.75 Å². The summed E-state index contributed by atoms with van der Waals surface area (Å²) in [4.78, 5) is 3.16. The number of allylic oxidation sites excluding steroid dienone is 2. The Morgan fingerprint density at radius 2 is 2.23 bits per heavy atom. The molecule has 1 aromatic rings. The molecule has 0 aliphatic carbocycles. The Bertz CT molecular complexity index is 681. The number of rotatable bonds is 3. The molecule has 0 saturated heterocycles. The van der Waals surface area contributed by atoms with Crippen molar-refractivity contribution >= 4 is 28.9 Å². The number of nitrogens with zero attached hydrogens (tertiary/aromatic N) is 1. The Morgan fingerprint density at radius 1 is 1.41 bits per heavy atom. The Morgan fingerprint density at radius 3 is 3.00 bits per heavy atom. The summed E-state index contributed by atoms with van der Waals surface area (Å²) in [6, 6.07) is 4.68. The monoisotopic (exact) mass is 337 g/mol. The van der Waals surface area contributed by atoms with Gasteiger partial charge in [0.15, 0.2) is 0 Å². The molecule has 2 aliphatic heterocycles. The molecule has 0 spiro atoms. The van der Waals surface area contributed by atoms with Gasteiger partial charge >= 0.3 is 0 Å². The first-order chi connectivity index (χ1) is 10.5. The summed E-state index contributed by atoms with van der Waals surface area (Å²) in [6.45, 7) is 0.953. The van der Waals surface area contributed by atoms with Crippen molar-refractivity contribution in [1.29, 1.82) is 0 Å². The number of benzene rings is 1. The molecule has 2 nitrogen and oxygen atoms in total. The van der Waals surface area contributed by atoms with Gasteiger partial charge in [-0.1, -0.05) is 23.9 Å².